The number of ketones is 1. The number of hydrogen-bond donors (Lipinski definition) is 3. The largest absolute Gasteiger partial charge is 0.351 e. The Bertz CT molecular complexity index is 796. The number of nitrogens with one attached hydrogen (secondary N) is 3. The van der Waals surface area contributed by atoms with Crippen LogP contribution in [0.1, 0.15) is 32.8 Å². The highest BCUT2D eigenvalue weighted by Crippen LogP contribution is 2.29. The Morgan fingerprint density at radius 1 is 1.06 bits per heavy atom. The fraction of sp³-hybridized carbons (Fsp3) is 0.565. The van der Waals surface area contributed by atoms with Gasteiger partial charge in [-0.3, -0.25) is 19.2 Å². The van der Waals surface area contributed by atoms with Crippen LogP contribution >= 0.6 is 0 Å². The van der Waals surface area contributed by atoms with Crippen LogP contribution in [0.15, 0.2) is 30.3 Å². The minimum Gasteiger partial charge on any atom is -0.351 e. The van der Waals surface area contributed by atoms with Crippen molar-refractivity contribution in [3.63, 3.8) is 0 Å². The lowest BCUT2D eigenvalue weighted by Gasteiger charge is -2.31. The average Bonchev–Trinajstić information content (AvgIpc) is 3.44. The summed E-state index contributed by atoms with van der Waals surface area (Å²) >= 11 is 0. The van der Waals surface area contributed by atoms with Gasteiger partial charge in [0.1, 0.15) is 17.9 Å². The zero-order chi connectivity index (χ0) is 23.1. The van der Waals surface area contributed by atoms with Crippen LogP contribution in [0.3, 0.4) is 0 Å². The van der Waals surface area contributed by atoms with Crippen molar-refractivity contribution in [2.75, 3.05) is 20.6 Å². The van der Waals surface area contributed by atoms with Gasteiger partial charge in [-0.1, -0.05) is 44.2 Å². The van der Waals surface area contributed by atoms with Crippen molar-refractivity contribution in [2.24, 2.45) is 11.8 Å². The topological polar surface area (TPSA) is 108 Å². The van der Waals surface area contributed by atoms with Crippen LogP contribution in [-0.2, 0) is 25.6 Å². The molecule has 0 radical (unpaired) electrons. The zero-order valence-corrected chi connectivity index (χ0v) is 19.0. The molecule has 8 heteroatoms. The Morgan fingerprint density at radius 2 is 1.68 bits per heavy atom. The van der Waals surface area contributed by atoms with Crippen molar-refractivity contribution in [1.82, 2.24) is 20.9 Å². The fourth-order valence-corrected chi connectivity index (χ4v) is 3.72. The lowest BCUT2D eigenvalue weighted by atomic mass is 10.0. The molecule has 4 atom stereocenters. The van der Waals surface area contributed by atoms with Gasteiger partial charge in [0.15, 0.2) is 0 Å². The molecule has 2 rings (SSSR count). The number of rotatable bonds is 11. The molecule has 0 aromatic heterocycles. The Balaban J connectivity index is 2.00. The molecule has 1 aliphatic carbocycles. The smallest absolute Gasteiger partial charge is 0.243 e. The highest BCUT2D eigenvalue weighted by atomic mass is 16.2. The van der Waals surface area contributed by atoms with E-state index >= 15 is 0 Å². The van der Waals surface area contributed by atoms with Gasteiger partial charge in [-0.05, 0) is 31.9 Å². The van der Waals surface area contributed by atoms with Crippen LogP contribution in [0, 0.1) is 11.8 Å². The molecule has 0 aliphatic heterocycles. The van der Waals surface area contributed by atoms with Gasteiger partial charge in [0.2, 0.25) is 17.7 Å². The molecule has 0 spiro atoms. The van der Waals surface area contributed by atoms with E-state index in [0.717, 1.165) is 5.56 Å². The number of amides is 3. The Kier molecular flexibility index (Phi) is 8.74. The van der Waals surface area contributed by atoms with E-state index in [4.69, 9.17) is 0 Å². The predicted molar refractivity (Wildman–Crippen MR) is 118 cm³/mol. The summed E-state index contributed by atoms with van der Waals surface area (Å²) in [5.74, 6) is -1.10. The molecule has 1 fully saturated rings. The number of hydrogen-bond acceptors (Lipinski definition) is 5. The van der Waals surface area contributed by atoms with Crippen LogP contribution < -0.4 is 16.0 Å². The van der Waals surface area contributed by atoms with E-state index in [1.807, 2.05) is 44.2 Å². The van der Waals surface area contributed by atoms with Gasteiger partial charge in [-0.2, -0.15) is 0 Å². The van der Waals surface area contributed by atoms with E-state index in [2.05, 4.69) is 16.0 Å². The first-order chi connectivity index (χ1) is 14.6. The lowest BCUT2D eigenvalue weighted by molar-refractivity contribution is -0.141. The Morgan fingerprint density at radius 3 is 2.19 bits per heavy atom. The van der Waals surface area contributed by atoms with Crippen molar-refractivity contribution in [3.8, 4) is 0 Å². The maximum Gasteiger partial charge on any atom is 0.243 e. The predicted octanol–water partition coefficient (Wildman–Crippen LogP) is 0.510. The second-order valence-electron chi connectivity index (χ2n) is 8.54. The van der Waals surface area contributed by atoms with Gasteiger partial charge >= 0.3 is 0 Å². The van der Waals surface area contributed by atoms with E-state index in [9.17, 15) is 19.2 Å². The second-order valence-corrected chi connectivity index (χ2v) is 8.54. The van der Waals surface area contributed by atoms with Crippen LogP contribution in [0.4, 0.5) is 0 Å². The summed E-state index contributed by atoms with van der Waals surface area (Å²) in [7, 11) is 3.25. The van der Waals surface area contributed by atoms with E-state index in [1.54, 1.807) is 21.0 Å². The third-order valence-electron chi connectivity index (χ3n) is 5.58. The normalized spacial score (nSPS) is 18.1. The minimum atomic E-state index is -0.798. The summed E-state index contributed by atoms with van der Waals surface area (Å²) in [5, 5.41) is 8.45. The maximum absolute atomic E-state index is 12.9. The summed E-state index contributed by atoms with van der Waals surface area (Å²) in [6, 6.07) is 7.89. The number of benzene rings is 1. The number of Topliss-reactive ketones (excluding diaryl/α,β-unsaturated/α-hetero) is 1. The minimum absolute atomic E-state index is 0.125. The van der Waals surface area contributed by atoms with Crippen molar-refractivity contribution in [2.45, 2.75) is 51.7 Å². The third-order valence-corrected chi connectivity index (χ3v) is 5.58. The first-order valence-corrected chi connectivity index (χ1v) is 10.7. The summed E-state index contributed by atoms with van der Waals surface area (Å²) in [4.78, 5) is 51.0. The number of carbonyl (C=O) groups excluding carboxylic acids is 4. The number of likely N-dealkylation sites (N-methyl/N-ethyl adjacent to an activating group) is 2. The number of nitrogens with zero attached hydrogens (tertiary/aromatic N) is 1. The first-order valence-electron chi connectivity index (χ1n) is 10.7. The molecule has 1 saturated carbocycles. The molecule has 1 unspecified atom stereocenters. The summed E-state index contributed by atoms with van der Waals surface area (Å²) < 4.78 is 0. The molecule has 31 heavy (non-hydrogen) atoms. The highest BCUT2D eigenvalue weighted by molar-refractivity contribution is 5.98. The molecule has 0 heterocycles. The van der Waals surface area contributed by atoms with E-state index < -0.39 is 12.1 Å². The molecule has 0 bridgehead atoms. The van der Waals surface area contributed by atoms with Gasteiger partial charge in [0, 0.05) is 25.4 Å². The monoisotopic (exact) mass is 430 g/mol. The van der Waals surface area contributed by atoms with Crippen molar-refractivity contribution >= 4 is 23.5 Å². The van der Waals surface area contributed by atoms with Gasteiger partial charge in [0.25, 0.3) is 0 Å². The quantitative estimate of drug-likeness (QED) is 0.474. The molecule has 8 nitrogen and oxygen atoms in total. The van der Waals surface area contributed by atoms with Gasteiger partial charge in [-0.25, -0.2) is 0 Å². The summed E-state index contributed by atoms with van der Waals surface area (Å²) in [5.41, 5.74) is 1.04. The lowest BCUT2D eigenvalue weighted by Crippen LogP contribution is -2.56. The molecule has 170 valence electrons. The molecule has 1 aromatic rings. The van der Waals surface area contributed by atoms with Crippen LogP contribution in [0.25, 0.3) is 0 Å². The standard InChI is InChI=1S/C23H34N4O4/c1-14(2)21(27(5)20(29)13-24-4)23(31)25-15(3)22(30)26-18(17-12-19(17)28)11-16-9-7-6-8-10-16/h6-10,14-15,17-18,21,24H,11-13H2,1-5H3,(H,25,31)(H,26,30)/t15-,17+,18?,21+/m1/s1. The summed E-state index contributed by atoms with van der Waals surface area (Å²) in [6.07, 6.45) is 1.02. The molecule has 3 amide bonds. The third kappa shape index (κ3) is 6.89. The van der Waals surface area contributed by atoms with E-state index in [-0.39, 0.29) is 47.9 Å². The van der Waals surface area contributed by atoms with Gasteiger partial charge in [0.05, 0.1) is 6.54 Å². The highest BCUT2D eigenvalue weighted by Gasteiger charge is 2.42. The molecular weight excluding hydrogens is 396 g/mol. The first kappa shape index (κ1) is 24.5. The van der Waals surface area contributed by atoms with E-state index in [1.165, 1.54) is 4.90 Å². The molecule has 3 N–H and O–H groups in total. The Labute approximate surface area is 184 Å². The van der Waals surface area contributed by atoms with Crippen LogP contribution in [0.5, 0.6) is 0 Å². The molecule has 1 aromatic carbocycles. The van der Waals surface area contributed by atoms with Crippen molar-refractivity contribution in [1.29, 1.82) is 0 Å². The fourth-order valence-electron chi connectivity index (χ4n) is 3.72. The maximum atomic E-state index is 12.9. The average molecular weight is 431 g/mol. The Hall–Kier alpha value is -2.74. The number of carbonyl (C=O) groups is 4. The van der Waals surface area contributed by atoms with Crippen LogP contribution in [0.2, 0.25) is 0 Å². The second kappa shape index (κ2) is 11.0. The van der Waals surface area contributed by atoms with E-state index in [0.29, 0.717) is 12.8 Å². The SMILES string of the molecule is CNCC(=O)N(C)[C@H](C(=O)N[C@H](C)C(=O)NC(Cc1ccccc1)[C@@H]1CC1=O)C(C)C. The van der Waals surface area contributed by atoms with Crippen molar-refractivity contribution in [3.05, 3.63) is 35.9 Å². The zero-order valence-electron chi connectivity index (χ0n) is 19.0. The van der Waals surface area contributed by atoms with Gasteiger partial charge < -0.3 is 20.9 Å². The molecule has 0 saturated heterocycles. The van der Waals surface area contributed by atoms with Crippen molar-refractivity contribution < 1.29 is 19.2 Å². The molecule has 1 aliphatic rings. The van der Waals surface area contributed by atoms with Gasteiger partial charge in [-0.15, -0.1) is 0 Å². The summed E-state index contributed by atoms with van der Waals surface area (Å²) in [6.45, 7) is 5.44. The molecular formula is C23H34N4O4. The van der Waals surface area contributed by atoms with Crippen LogP contribution in [-0.4, -0.2) is 67.2 Å².